The summed E-state index contributed by atoms with van der Waals surface area (Å²) in [6.45, 7) is 6.32. The van der Waals surface area contributed by atoms with E-state index in [4.69, 9.17) is 32.7 Å². The van der Waals surface area contributed by atoms with Gasteiger partial charge in [0.05, 0.1) is 12.8 Å². The van der Waals surface area contributed by atoms with Crippen LogP contribution < -0.4 is 20.2 Å². The van der Waals surface area contributed by atoms with Gasteiger partial charge in [-0.2, -0.15) is 5.10 Å². The largest absolute Gasteiger partial charge is 0.490 e. The minimum absolute atomic E-state index is 0.164. The molecule has 0 unspecified atom stereocenters. The molecule has 3 aromatic carbocycles. The van der Waals surface area contributed by atoms with E-state index in [0.29, 0.717) is 45.0 Å². The third-order valence-corrected chi connectivity index (χ3v) is 5.76. The van der Waals surface area contributed by atoms with Gasteiger partial charge in [-0.25, -0.2) is 5.43 Å². The molecule has 0 spiro atoms. The lowest BCUT2D eigenvalue weighted by Crippen LogP contribution is -2.32. The number of hydrogen-bond acceptors (Lipinski definition) is 5. The standard InChI is InChI=1S/C26H25Cl2N3O4/c1-4-34-24-13-18(9-11-23(24)35-15-20-21(27)6-5-7-22(20)28)14-29-31-26(33)25(32)30-19-10-8-16(2)17(3)12-19/h5-14H,4,15H2,1-3H3,(H,30,32)(H,31,33)/b29-14-. The number of nitrogens with one attached hydrogen (secondary N) is 2. The van der Waals surface area contributed by atoms with Crippen molar-refractivity contribution in [3.8, 4) is 11.5 Å². The highest BCUT2D eigenvalue weighted by Crippen LogP contribution is 2.31. The van der Waals surface area contributed by atoms with Crippen LogP contribution in [0.3, 0.4) is 0 Å². The fraction of sp³-hybridized carbons (Fsp3) is 0.192. The summed E-state index contributed by atoms with van der Waals surface area (Å²) in [6.07, 6.45) is 1.40. The summed E-state index contributed by atoms with van der Waals surface area (Å²) in [4.78, 5) is 24.2. The van der Waals surface area contributed by atoms with Crippen LogP contribution >= 0.6 is 23.2 Å². The van der Waals surface area contributed by atoms with Gasteiger partial charge in [0.2, 0.25) is 0 Å². The van der Waals surface area contributed by atoms with Crippen LogP contribution in [0.15, 0.2) is 59.7 Å². The molecule has 3 aromatic rings. The minimum Gasteiger partial charge on any atom is -0.490 e. The van der Waals surface area contributed by atoms with Gasteiger partial charge in [-0.05, 0) is 79.9 Å². The molecule has 9 heteroatoms. The summed E-state index contributed by atoms with van der Waals surface area (Å²) >= 11 is 12.4. The molecule has 0 bridgehead atoms. The van der Waals surface area contributed by atoms with Crippen LogP contribution in [0.1, 0.15) is 29.2 Å². The van der Waals surface area contributed by atoms with Crippen molar-refractivity contribution in [2.75, 3.05) is 11.9 Å². The third-order valence-electron chi connectivity index (χ3n) is 5.05. The van der Waals surface area contributed by atoms with Gasteiger partial charge in [0.15, 0.2) is 11.5 Å². The Morgan fingerprint density at radius 2 is 1.66 bits per heavy atom. The third kappa shape index (κ3) is 7.21. The highest BCUT2D eigenvalue weighted by Gasteiger charge is 2.14. The van der Waals surface area contributed by atoms with E-state index in [9.17, 15) is 9.59 Å². The predicted octanol–water partition coefficient (Wildman–Crippen LogP) is 5.68. The zero-order valence-electron chi connectivity index (χ0n) is 19.5. The van der Waals surface area contributed by atoms with Crippen LogP contribution in [0, 0.1) is 13.8 Å². The lowest BCUT2D eigenvalue weighted by atomic mass is 10.1. The van der Waals surface area contributed by atoms with Crippen molar-refractivity contribution < 1.29 is 19.1 Å². The van der Waals surface area contributed by atoms with Crippen molar-refractivity contribution in [2.45, 2.75) is 27.4 Å². The van der Waals surface area contributed by atoms with E-state index in [1.54, 1.807) is 48.5 Å². The Bertz CT molecular complexity index is 1240. The summed E-state index contributed by atoms with van der Waals surface area (Å²) in [5.74, 6) is -0.723. The number of carbonyl (C=O) groups is 2. The maximum atomic E-state index is 12.1. The second kappa shape index (κ2) is 12.2. The highest BCUT2D eigenvalue weighted by molar-refractivity contribution is 6.39. The Kier molecular flexibility index (Phi) is 9.11. The number of nitrogens with zero attached hydrogens (tertiary/aromatic N) is 1. The molecule has 2 N–H and O–H groups in total. The maximum absolute atomic E-state index is 12.1. The molecular formula is C26H25Cl2N3O4. The van der Waals surface area contributed by atoms with Gasteiger partial charge in [-0.1, -0.05) is 35.3 Å². The summed E-state index contributed by atoms with van der Waals surface area (Å²) in [5.41, 5.74) is 6.16. The molecule has 182 valence electrons. The number of amides is 2. The number of benzene rings is 3. The summed E-state index contributed by atoms with van der Waals surface area (Å²) in [6, 6.07) is 15.8. The van der Waals surface area contributed by atoms with Gasteiger partial charge in [0, 0.05) is 21.3 Å². The van der Waals surface area contributed by atoms with Crippen LogP contribution in [-0.4, -0.2) is 24.6 Å². The topological polar surface area (TPSA) is 89.0 Å². The molecule has 0 atom stereocenters. The van der Waals surface area contributed by atoms with Gasteiger partial charge < -0.3 is 14.8 Å². The van der Waals surface area contributed by atoms with Crippen LogP contribution in [0.5, 0.6) is 11.5 Å². The van der Waals surface area contributed by atoms with Crippen LogP contribution in [-0.2, 0) is 16.2 Å². The van der Waals surface area contributed by atoms with Gasteiger partial charge in [-0.3, -0.25) is 9.59 Å². The predicted molar refractivity (Wildman–Crippen MR) is 139 cm³/mol. The van der Waals surface area contributed by atoms with E-state index in [1.165, 1.54) is 6.21 Å². The van der Waals surface area contributed by atoms with Crippen molar-refractivity contribution in [3.05, 3.63) is 86.9 Å². The van der Waals surface area contributed by atoms with Crippen molar-refractivity contribution in [2.24, 2.45) is 5.10 Å². The van der Waals surface area contributed by atoms with Crippen LogP contribution in [0.4, 0.5) is 5.69 Å². The lowest BCUT2D eigenvalue weighted by Gasteiger charge is -2.14. The molecule has 0 heterocycles. The second-order valence-electron chi connectivity index (χ2n) is 7.58. The van der Waals surface area contributed by atoms with Crippen molar-refractivity contribution in [3.63, 3.8) is 0 Å². The molecular weight excluding hydrogens is 489 g/mol. The first kappa shape index (κ1) is 26.1. The Morgan fingerprint density at radius 1 is 0.914 bits per heavy atom. The molecule has 7 nitrogen and oxygen atoms in total. The first-order valence-electron chi connectivity index (χ1n) is 10.8. The molecule has 0 fully saturated rings. The lowest BCUT2D eigenvalue weighted by molar-refractivity contribution is -0.136. The molecule has 0 saturated heterocycles. The van der Waals surface area contributed by atoms with Crippen molar-refractivity contribution >= 4 is 46.9 Å². The van der Waals surface area contributed by atoms with E-state index in [1.807, 2.05) is 26.8 Å². The Balaban J connectivity index is 1.62. The van der Waals surface area contributed by atoms with Gasteiger partial charge in [0.1, 0.15) is 6.61 Å². The summed E-state index contributed by atoms with van der Waals surface area (Å²) < 4.78 is 11.6. The first-order chi connectivity index (χ1) is 16.8. The molecule has 0 radical (unpaired) electrons. The van der Waals surface area contributed by atoms with E-state index in [2.05, 4.69) is 15.8 Å². The fourth-order valence-corrected chi connectivity index (χ4v) is 3.54. The molecule has 0 saturated carbocycles. The zero-order chi connectivity index (χ0) is 25.4. The Morgan fingerprint density at radius 3 is 2.34 bits per heavy atom. The maximum Gasteiger partial charge on any atom is 0.329 e. The first-order valence-corrected chi connectivity index (χ1v) is 11.6. The van der Waals surface area contributed by atoms with E-state index < -0.39 is 11.8 Å². The number of rotatable bonds is 8. The smallest absolute Gasteiger partial charge is 0.329 e. The number of halogens is 2. The minimum atomic E-state index is -0.888. The highest BCUT2D eigenvalue weighted by atomic mass is 35.5. The number of hydrazone groups is 1. The number of hydrogen-bond donors (Lipinski definition) is 2. The molecule has 3 rings (SSSR count). The molecule has 0 aliphatic heterocycles. The van der Waals surface area contributed by atoms with Gasteiger partial charge in [0.25, 0.3) is 0 Å². The summed E-state index contributed by atoms with van der Waals surface area (Å²) in [7, 11) is 0. The zero-order valence-corrected chi connectivity index (χ0v) is 21.0. The Hall–Kier alpha value is -3.55. The molecule has 0 aliphatic rings. The average molecular weight is 514 g/mol. The fourth-order valence-electron chi connectivity index (χ4n) is 3.04. The monoisotopic (exact) mass is 513 g/mol. The van der Waals surface area contributed by atoms with Gasteiger partial charge >= 0.3 is 11.8 Å². The molecule has 35 heavy (non-hydrogen) atoms. The molecule has 0 aromatic heterocycles. The number of carbonyl (C=O) groups excluding carboxylic acids is 2. The van der Waals surface area contributed by atoms with Crippen molar-refractivity contribution in [1.82, 2.24) is 5.43 Å². The second-order valence-corrected chi connectivity index (χ2v) is 8.39. The molecule has 2 amide bonds. The quantitative estimate of drug-likeness (QED) is 0.230. The van der Waals surface area contributed by atoms with E-state index >= 15 is 0 Å². The number of anilines is 1. The normalized spacial score (nSPS) is 10.8. The average Bonchev–Trinajstić information content (AvgIpc) is 2.82. The number of aryl methyl sites for hydroxylation is 2. The van der Waals surface area contributed by atoms with Crippen LogP contribution in [0.2, 0.25) is 10.0 Å². The summed E-state index contributed by atoms with van der Waals surface area (Å²) in [5, 5.41) is 7.44. The SMILES string of the molecule is CCOc1cc(/C=N\NC(=O)C(=O)Nc2ccc(C)c(C)c2)ccc1OCc1c(Cl)cccc1Cl. The van der Waals surface area contributed by atoms with Gasteiger partial charge in [-0.15, -0.1) is 0 Å². The van der Waals surface area contributed by atoms with E-state index in [-0.39, 0.29) is 6.61 Å². The van der Waals surface area contributed by atoms with E-state index in [0.717, 1.165) is 11.1 Å². The van der Waals surface area contributed by atoms with Crippen molar-refractivity contribution in [1.29, 1.82) is 0 Å². The Labute approximate surface area is 214 Å². The molecule has 0 aliphatic carbocycles. The number of ether oxygens (including phenoxy) is 2. The van der Waals surface area contributed by atoms with Crippen LogP contribution in [0.25, 0.3) is 0 Å².